The minimum atomic E-state index is -0.854. The number of aromatic nitrogens is 2. The van der Waals surface area contributed by atoms with E-state index in [1.807, 2.05) is 0 Å². The van der Waals surface area contributed by atoms with E-state index in [4.69, 9.17) is 20.8 Å². The van der Waals surface area contributed by atoms with E-state index in [2.05, 4.69) is 9.97 Å². The van der Waals surface area contributed by atoms with E-state index in [1.165, 1.54) is 6.07 Å². The van der Waals surface area contributed by atoms with Crippen molar-refractivity contribution in [3.05, 3.63) is 69.8 Å². The summed E-state index contributed by atoms with van der Waals surface area (Å²) in [6.45, 7) is 1.75. The minimum Gasteiger partial charge on any atom is -0.460 e. The molecule has 132 valence electrons. The molecule has 1 aliphatic heterocycles. The molecule has 1 atom stereocenters. The second kappa shape index (κ2) is 6.17. The summed E-state index contributed by atoms with van der Waals surface area (Å²) in [7, 11) is 0. The number of hydrogen-bond donors (Lipinski definition) is 0. The second-order valence-corrected chi connectivity index (χ2v) is 6.18. The number of esters is 1. The van der Waals surface area contributed by atoms with Gasteiger partial charge in [-0.25, -0.2) is 23.5 Å². The number of cyclic esters (lactones) is 1. The van der Waals surface area contributed by atoms with Crippen LogP contribution in [-0.2, 0) is 11.2 Å². The van der Waals surface area contributed by atoms with E-state index < -0.39 is 23.7 Å². The Hall–Kier alpha value is -2.80. The Kier molecular flexibility index (Phi) is 3.96. The molecule has 8 heteroatoms. The lowest BCUT2D eigenvalue weighted by atomic mass is 10.0. The third-order valence-corrected chi connectivity index (χ3v) is 4.23. The van der Waals surface area contributed by atoms with Crippen LogP contribution in [0.15, 0.2) is 34.7 Å². The first kappa shape index (κ1) is 16.7. The molecule has 0 saturated heterocycles. The molecule has 0 radical (unpaired) electrons. The molecule has 0 fully saturated rings. The van der Waals surface area contributed by atoms with Crippen molar-refractivity contribution < 1.29 is 22.7 Å². The topological polar surface area (TPSA) is 65.2 Å². The van der Waals surface area contributed by atoms with Crippen LogP contribution in [0.25, 0.3) is 11.5 Å². The van der Waals surface area contributed by atoms with E-state index in [1.54, 1.807) is 19.1 Å². The predicted molar refractivity (Wildman–Crippen MR) is 87.7 cm³/mol. The molecule has 1 aliphatic rings. The maximum Gasteiger partial charge on any atom is 0.343 e. The van der Waals surface area contributed by atoms with Crippen LogP contribution in [0.4, 0.5) is 8.78 Å². The van der Waals surface area contributed by atoms with Crippen molar-refractivity contribution in [3.63, 3.8) is 0 Å². The zero-order chi connectivity index (χ0) is 18.4. The lowest BCUT2D eigenvalue weighted by Gasteiger charge is -2.11. The number of furan rings is 1. The number of benzene rings is 1. The van der Waals surface area contributed by atoms with Gasteiger partial charge in [-0.1, -0.05) is 6.07 Å². The Morgan fingerprint density at radius 3 is 2.69 bits per heavy atom. The molecule has 26 heavy (non-hydrogen) atoms. The molecule has 0 spiro atoms. The molecular formula is C18H11ClF2N2O3. The van der Waals surface area contributed by atoms with Gasteiger partial charge in [0.05, 0.1) is 0 Å². The Bertz CT molecular complexity index is 1040. The highest BCUT2D eigenvalue weighted by molar-refractivity contribution is 6.28. The van der Waals surface area contributed by atoms with Gasteiger partial charge in [0, 0.05) is 12.5 Å². The maximum atomic E-state index is 13.9. The van der Waals surface area contributed by atoms with Crippen LogP contribution >= 0.6 is 11.6 Å². The number of nitrogens with zero attached hydrogens (tertiary/aromatic N) is 2. The Morgan fingerprint density at radius 1 is 1.19 bits per heavy atom. The number of ether oxygens (including phenoxy) is 1. The highest BCUT2D eigenvalue weighted by atomic mass is 35.5. The molecule has 0 saturated carbocycles. The van der Waals surface area contributed by atoms with E-state index in [0.717, 1.165) is 12.1 Å². The molecule has 3 aromatic rings. The summed E-state index contributed by atoms with van der Waals surface area (Å²) in [6, 6.07) is 6.60. The van der Waals surface area contributed by atoms with Crippen LogP contribution in [0.2, 0.25) is 5.28 Å². The number of rotatable bonds is 3. The molecule has 0 N–H and O–H groups in total. The normalized spacial score (nSPS) is 15.8. The standard InChI is InChI=1S/C18H11ClF2N2O3/c1-8-2-5-12(25-8)15-14-16(23-18(19)22-15)13(26-17(14)24)6-9-3-4-10(20)7-11(9)21/h2-5,7,13H,6H2,1H3. The van der Waals surface area contributed by atoms with Crippen LogP contribution in [-0.4, -0.2) is 15.9 Å². The van der Waals surface area contributed by atoms with E-state index in [-0.39, 0.29) is 34.2 Å². The van der Waals surface area contributed by atoms with Crippen LogP contribution in [0, 0.1) is 18.6 Å². The Balaban J connectivity index is 1.78. The largest absolute Gasteiger partial charge is 0.460 e. The van der Waals surface area contributed by atoms with E-state index >= 15 is 0 Å². The molecule has 3 heterocycles. The predicted octanol–water partition coefficient (Wildman–Crippen LogP) is 4.43. The summed E-state index contributed by atoms with van der Waals surface area (Å²) in [4.78, 5) is 20.6. The fraction of sp³-hybridized carbons (Fsp3) is 0.167. The van der Waals surface area contributed by atoms with Gasteiger partial charge >= 0.3 is 5.97 Å². The molecular weight excluding hydrogens is 366 g/mol. The number of carbonyl (C=O) groups excluding carboxylic acids is 1. The third-order valence-electron chi connectivity index (χ3n) is 4.06. The fourth-order valence-electron chi connectivity index (χ4n) is 2.89. The van der Waals surface area contributed by atoms with Crippen molar-refractivity contribution >= 4 is 17.6 Å². The van der Waals surface area contributed by atoms with Crippen LogP contribution < -0.4 is 0 Å². The highest BCUT2D eigenvalue weighted by Crippen LogP contribution is 2.38. The summed E-state index contributed by atoms with van der Waals surface area (Å²) < 4.78 is 37.9. The van der Waals surface area contributed by atoms with Crippen LogP contribution in [0.5, 0.6) is 0 Å². The first-order valence-corrected chi connectivity index (χ1v) is 8.09. The van der Waals surface area contributed by atoms with E-state index in [9.17, 15) is 13.6 Å². The lowest BCUT2D eigenvalue weighted by molar-refractivity contribution is 0.0380. The molecule has 0 bridgehead atoms. The molecule has 1 unspecified atom stereocenters. The van der Waals surface area contributed by atoms with Crippen molar-refractivity contribution in [3.8, 4) is 11.5 Å². The summed E-state index contributed by atoms with van der Waals surface area (Å²) in [6.07, 6.45) is -0.859. The van der Waals surface area contributed by atoms with Crippen molar-refractivity contribution in [2.45, 2.75) is 19.4 Å². The van der Waals surface area contributed by atoms with Gasteiger partial charge in [0.1, 0.15) is 40.4 Å². The van der Waals surface area contributed by atoms with Gasteiger partial charge in [-0.05, 0) is 42.3 Å². The van der Waals surface area contributed by atoms with Crippen molar-refractivity contribution in [2.75, 3.05) is 0 Å². The molecule has 0 aliphatic carbocycles. The van der Waals surface area contributed by atoms with Gasteiger partial charge in [0.25, 0.3) is 0 Å². The summed E-state index contributed by atoms with van der Waals surface area (Å²) >= 11 is 6.00. The minimum absolute atomic E-state index is 0.00514. The third kappa shape index (κ3) is 2.84. The van der Waals surface area contributed by atoms with Crippen molar-refractivity contribution in [1.82, 2.24) is 9.97 Å². The van der Waals surface area contributed by atoms with Gasteiger partial charge < -0.3 is 9.15 Å². The summed E-state index contributed by atoms with van der Waals surface area (Å²) in [5.74, 6) is -1.06. The Morgan fingerprint density at radius 2 is 2.00 bits per heavy atom. The molecule has 5 nitrogen and oxygen atoms in total. The first-order valence-electron chi connectivity index (χ1n) is 7.71. The molecule has 4 rings (SSSR count). The number of hydrogen-bond acceptors (Lipinski definition) is 5. The van der Waals surface area contributed by atoms with Gasteiger partial charge in [0.15, 0.2) is 5.76 Å². The zero-order valence-electron chi connectivity index (χ0n) is 13.4. The molecule has 2 aromatic heterocycles. The average molecular weight is 377 g/mol. The highest BCUT2D eigenvalue weighted by Gasteiger charge is 2.38. The quantitative estimate of drug-likeness (QED) is 0.499. The zero-order valence-corrected chi connectivity index (χ0v) is 14.2. The fourth-order valence-corrected chi connectivity index (χ4v) is 3.07. The summed E-state index contributed by atoms with van der Waals surface area (Å²) in [5.41, 5.74) is 0.807. The first-order chi connectivity index (χ1) is 12.4. The molecule has 0 amide bonds. The van der Waals surface area contributed by atoms with Gasteiger partial charge in [-0.15, -0.1) is 0 Å². The number of fused-ring (bicyclic) bond motifs is 1. The monoisotopic (exact) mass is 376 g/mol. The van der Waals surface area contributed by atoms with Gasteiger partial charge in [-0.3, -0.25) is 0 Å². The smallest absolute Gasteiger partial charge is 0.343 e. The van der Waals surface area contributed by atoms with Gasteiger partial charge in [0.2, 0.25) is 5.28 Å². The SMILES string of the molecule is Cc1ccc(-c2nc(Cl)nc3c2C(=O)OC3Cc2ccc(F)cc2F)o1. The number of carbonyl (C=O) groups is 1. The number of halogens is 3. The Labute approximate surface area is 151 Å². The summed E-state index contributed by atoms with van der Waals surface area (Å²) in [5, 5.41) is -0.0873. The van der Waals surface area contributed by atoms with Crippen molar-refractivity contribution in [1.29, 1.82) is 0 Å². The van der Waals surface area contributed by atoms with Gasteiger partial charge in [-0.2, -0.15) is 0 Å². The second-order valence-electron chi connectivity index (χ2n) is 5.85. The van der Waals surface area contributed by atoms with Crippen LogP contribution in [0.1, 0.15) is 33.5 Å². The lowest BCUT2D eigenvalue weighted by Crippen LogP contribution is -2.06. The van der Waals surface area contributed by atoms with Crippen LogP contribution in [0.3, 0.4) is 0 Å². The number of aryl methyl sites for hydroxylation is 1. The maximum absolute atomic E-state index is 13.9. The van der Waals surface area contributed by atoms with E-state index in [0.29, 0.717) is 11.5 Å². The average Bonchev–Trinajstić information content (AvgIpc) is 3.14. The van der Waals surface area contributed by atoms with Crippen molar-refractivity contribution in [2.24, 2.45) is 0 Å². The molecule has 1 aromatic carbocycles.